The molecule has 0 radical (unpaired) electrons. The molecule has 132 valence electrons. The summed E-state index contributed by atoms with van der Waals surface area (Å²) in [7, 11) is 0. The lowest BCUT2D eigenvalue weighted by Gasteiger charge is -2.28. The van der Waals surface area contributed by atoms with Gasteiger partial charge in [0, 0.05) is 6.20 Å². The van der Waals surface area contributed by atoms with E-state index in [0.717, 1.165) is 18.8 Å². The molecule has 4 nitrogen and oxygen atoms in total. The quantitative estimate of drug-likeness (QED) is 0.568. The molecule has 1 aromatic heterocycles. The Morgan fingerprint density at radius 1 is 1.33 bits per heavy atom. The molecule has 0 spiro atoms. The van der Waals surface area contributed by atoms with Crippen molar-refractivity contribution in [2.24, 2.45) is 17.6 Å². The van der Waals surface area contributed by atoms with Crippen LogP contribution in [0.5, 0.6) is 0 Å². The van der Waals surface area contributed by atoms with Gasteiger partial charge in [0.2, 0.25) is 0 Å². The Kier molecular flexibility index (Phi) is 7.63. The molecule has 1 atom stereocenters. The van der Waals surface area contributed by atoms with Crippen molar-refractivity contribution in [3.8, 4) is 0 Å². The van der Waals surface area contributed by atoms with Gasteiger partial charge in [-0.25, -0.2) is 0 Å². The fraction of sp³-hybridized carbons (Fsp3) is 0.632. The standard InChI is InChI=1S/C19H28N2O2S/c1-2-3-6-14-8-10-15(11-9-14)13-23-19(22)17(18(20)24)16-7-4-5-12-21-16/h4-5,7,12,14-15,17H,2-3,6,8-11,13H2,1H3,(H2,20,24). The molecule has 2 N–H and O–H groups in total. The molecule has 1 aliphatic rings. The van der Waals surface area contributed by atoms with E-state index < -0.39 is 5.92 Å². The van der Waals surface area contributed by atoms with Crippen LogP contribution >= 0.6 is 12.2 Å². The molecule has 1 saturated carbocycles. The third-order valence-electron chi connectivity index (χ3n) is 4.90. The van der Waals surface area contributed by atoms with Crippen LogP contribution in [0, 0.1) is 11.8 Å². The Morgan fingerprint density at radius 3 is 2.62 bits per heavy atom. The molecule has 1 unspecified atom stereocenters. The molecular weight excluding hydrogens is 320 g/mol. The largest absolute Gasteiger partial charge is 0.465 e. The number of aromatic nitrogens is 1. The van der Waals surface area contributed by atoms with Crippen molar-refractivity contribution in [1.29, 1.82) is 0 Å². The van der Waals surface area contributed by atoms with Crippen LogP contribution in [0.1, 0.15) is 63.5 Å². The van der Waals surface area contributed by atoms with E-state index in [4.69, 9.17) is 22.7 Å². The van der Waals surface area contributed by atoms with E-state index in [2.05, 4.69) is 11.9 Å². The van der Waals surface area contributed by atoms with E-state index in [0.29, 0.717) is 18.2 Å². The number of hydrogen-bond donors (Lipinski definition) is 1. The van der Waals surface area contributed by atoms with Gasteiger partial charge >= 0.3 is 5.97 Å². The molecule has 0 aliphatic heterocycles. The Balaban J connectivity index is 1.81. The molecule has 1 aromatic rings. The molecule has 24 heavy (non-hydrogen) atoms. The first-order chi connectivity index (χ1) is 11.6. The Bertz CT molecular complexity index is 527. The predicted molar refractivity (Wildman–Crippen MR) is 99.7 cm³/mol. The van der Waals surface area contributed by atoms with Gasteiger partial charge in [0.1, 0.15) is 5.92 Å². The first-order valence-electron chi connectivity index (χ1n) is 8.98. The van der Waals surface area contributed by atoms with Gasteiger partial charge in [-0.3, -0.25) is 9.78 Å². The zero-order valence-corrected chi connectivity index (χ0v) is 15.3. The minimum atomic E-state index is -0.748. The summed E-state index contributed by atoms with van der Waals surface area (Å²) in [5.41, 5.74) is 6.29. The van der Waals surface area contributed by atoms with Crippen LogP contribution in [-0.4, -0.2) is 22.5 Å². The van der Waals surface area contributed by atoms with Crippen molar-refractivity contribution in [1.82, 2.24) is 4.98 Å². The fourth-order valence-electron chi connectivity index (χ4n) is 3.39. The molecule has 1 fully saturated rings. The number of ether oxygens (including phenoxy) is 1. The number of nitrogens with zero attached hydrogens (tertiary/aromatic N) is 1. The summed E-state index contributed by atoms with van der Waals surface area (Å²) in [4.78, 5) is 16.7. The van der Waals surface area contributed by atoms with Crippen LogP contribution < -0.4 is 5.73 Å². The average Bonchev–Trinajstić information content (AvgIpc) is 2.60. The predicted octanol–water partition coefficient (Wildman–Crippen LogP) is 3.99. The van der Waals surface area contributed by atoms with Gasteiger partial charge in [-0.2, -0.15) is 0 Å². The van der Waals surface area contributed by atoms with E-state index in [1.807, 2.05) is 6.07 Å². The van der Waals surface area contributed by atoms with Crippen molar-refractivity contribution in [2.75, 3.05) is 6.61 Å². The third kappa shape index (κ3) is 5.55. The Hall–Kier alpha value is -1.49. The van der Waals surface area contributed by atoms with Gasteiger partial charge in [-0.1, -0.05) is 57.3 Å². The maximum atomic E-state index is 12.4. The van der Waals surface area contributed by atoms with Crippen LogP contribution in [0.3, 0.4) is 0 Å². The lowest BCUT2D eigenvalue weighted by Crippen LogP contribution is -2.30. The number of rotatable bonds is 8. The lowest BCUT2D eigenvalue weighted by atomic mass is 9.80. The smallest absolute Gasteiger partial charge is 0.322 e. The van der Waals surface area contributed by atoms with E-state index in [1.165, 1.54) is 32.1 Å². The summed E-state index contributed by atoms with van der Waals surface area (Å²) in [6, 6.07) is 5.37. The summed E-state index contributed by atoms with van der Waals surface area (Å²) in [5, 5.41) is 0. The first kappa shape index (κ1) is 18.8. The van der Waals surface area contributed by atoms with Gasteiger partial charge in [0.25, 0.3) is 0 Å². The summed E-state index contributed by atoms with van der Waals surface area (Å²) < 4.78 is 5.53. The molecule has 0 amide bonds. The highest BCUT2D eigenvalue weighted by atomic mass is 32.1. The second kappa shape index (κ2) is 9.72. The third-order valence-corrected chi connectivity index (χ3v) is 5.13. The second-order valence-corrected chi connectivity index (χ2v) is 7.22. The topological polar surface area (TPSA) is 65.2 Å². The summed E-state index contributed by atoms with van der Waals surface area (Å²) >= 11 is 5.04. The van der Waals surface area contributed by atoms with Gasteiger partial charge in [-0.15, -0.1) is 0 Å². The van der Waals surface area contributed by atoms with E-state index >= 15 is 0 Å². The summed E-state index contributed by atoms with van der Waals surface area (Å²) in [5.74, 6) is 0.189. The minimum absolute atomic E-state index is 0.113. The van der Waals surface area contributed by atoms with Crippen molar-refractivity contribution >= 4 is 23.2 Å². The van der Waals surface area contributed by atoms with Gasteiger partial charge in [0.05, 0.1) is 17.3 Å². The molecule has 5 heteroatoms. The van der Waals surface area contributed by atoms with Gasteiger partial charge in [-0.05, 0) is 36.8 Å². The molecule has 1 heterocycles. The Labute approximate surface area is 150 Å². The van der Waals surface area contributed by atoms with E-state index in [1.54, 1.807) is 18.3 Å². The monoisotopic (exact) mass is 348 g/mol. The van der Waals surface area contributed by atoms with E-state index in [-0.39, 0.29) is 11.0 Å². The summed E-state index contributed by atoms with van der Waals surface area (Å²) in [6.07, 6.45) is 10.3. The summed E-state index contributed by atoms with van der Waals surface area (Å²) in [6.45, 7) is 2.70. The van der Waals surface area contributed by atoms with Crippen molar-refractivity contribution < 1.29 is 9.53 Å². The molecule has 1 aliphatic carbocycles. The van der Waals surface area contributed by atoms with Gasteiger partial charge in [0.15, 0.2) is 0 Å². The van der Waals surface area contributed by atoms with Crippen molar-refractivity contribution in [3.63, 3.8) is 0 Å². The number of hydrogen-bond acceptors (Lipinski definition) is 4. The van der Waals surface area contributed by atoms with E-state index in [9.17, 15) is 4.79 Å². The minimum Gasteiger partial charge on any atom is -0.465 e. The van der Waals surface area contributed by atoms with Crippen LogP contribution in [0.15, 0.2) is 24.4 Å². The van der Waals surface area contributed by atoms with Crippen LogP contribution in [0.4, 0.5) is 0 Å². The maximum absolute atomic E-state index is 12.4. The van der Waals surface area contributed by atoms with Crippen LogP contribution in [0.25, 0.3) is 0 Å². The fourth-order valence-corrected chi connectivity index (χ4v) is 3.61. The first-order valence-corrected chi connectivity index (χ1v) is 9.39. The second-order valence-electron chi connectivity index (χ2n) is 6.75. The number of carbonyl (C=O) groups excluding carboxylic acids is 1. The number of esters is 1. The van der Waals surface area contributed by atoms with Crippen LogP contribution in [-0.2, 0) is 9.53 Å². The maximum Gasteiger partial charge on any atom is 0.322 e. The lowest BCUT2D eigenvalue weighted by molar-refractivity contribution is -0.145. The highest BCUT2D eigenvalue weighted by molar-refractivity contribution is 7.80. The number of nitrogens with two attached hydrogens (primary N) is 1. The molecule has 0 bridgehead atoms. The SMILES string of the molecule is CCCCC1CCC(COC(=O)C(C(N)=S)c2ccccn2)CC1. The zero-order valence-electron chi connectivity index (χ0n) is 14.4. The Morgan fingerprint density at radius 2 is 2.04 bits per heavy atom. The van der Waals surface area contributed by atoms with Crippen molar-refractivity contribution in [3.05, 3.63) is 30.1 Å². The molecular formula is C19H28N2O2S. The number of pyridine rings is 1. The molecule has 2 rings (SSSR count). The molecule has 0 saturated heterocycles. The highest BCUT2D eigenvalue weighted by Crippen LogP contribution is 2.32. The molecule has 0 aromatic carbocycles. The van der Waals surface area contributed by atoms with Gasteiger partial charge < -0.3 is 10.5 Å². The van der Waals surface area contributed by atoms with Crippen LogP contribution in [0.2, 0.25) is 0 Å². The number of thiocarbonyl (C=S) groups is 1. The van der Waals surface area contributed by atoms with Crippen molar-refractivity contribution in [2.45, 2.75) is 57.8 Å². The number of carbonyl (C=O) groups is 1. The zero-order chi connectivity index (χ0) is 17.4. The normalized spacial score (nSPS) is 21.9. The highest BCUT2D eigenvalue weighted by Gasteiger charge is 2.28. The average molecular weight is 349 g/mol. The number of unbranched alkanes of at least 4 members (excludes halogenated alkanes) is 1.